The Kier molecular flexibility index (Phi) is 3.97. The number of rotatable bonds is 2. The van der Waals surface area contributed by atoms with Crippen LogP contribution in [0.1, 0.15) is 6.92 Å². The Labute approximate surface area is 69.6 Å². The van der Waals surface area contributed by atoms with Crippen LogP contribution in [0.4, 0.5) is 0 Å². The number of carbonyl (C=O) groups excluding carboxylic acids is 2. The molecule has 0 N–H and O–H groups in total. The number of hydrogen-bond acceptors (Lipinski definition) is 2. The lowest BCUT2D eigenvalue weighted by molar-refractivity contribution is -0.109. The van der Waals surface area contributed by atoms with Gasteiger partial charge in [-0.2, -0.15) is 0 Å². The molecule has 0 amide bonds. The second-order valence-electron chi connectivity index (χ2n) is 1.41. The summed E-state index contributed by atoms with van der Waals surface area (Å²) in [6.45, 7) is 1.55. The summed E-state index contributed by atoms with van der Waals surface area (Å²) in [5.74, 6) is 0. The van der Waals surface area contributed by atoms with Gasteiger partial charge in [0.2, 0.25) is 9.39 Å². The fourth-order valence-corrected chi connectivity index (χ4v) is 0.685. The van der Waals surface area contributed by atoms with E-state index in [1.807, 2.05) is 0 Å². The van der Waals surface area contributed by atoms with Crippen molar-refractivity contribution in [2.45, 2.75) is 6.92 Å². The molecule has 0 aromatic carbocycles. The molecular weight excluding hydrogens is 252 g/mol. The smallest absolute Gasteiger partial charge is 0.223 e. The van der Waals surface area contributed by atoms with E-state index < -0.39 is 0 Å². The first-order valence-electron chi connectivity index (χ1n) is 2.11. The van der Waals surface area contributed by atoms with E-state index in [1.165, 1.54) is 6.08 Å². The molecule has 2 nitrogen and oxygen atoms in total. The van der Waals surface area contributed by atoms with Crippen molar-refractivity contribution in [1.82, 2.24) is 0 Å². The summed E-state index contributed by atoms with van der Waals surface area (Å²) in [5, 5.41) is 0. The highest BCUT2D eigenvalue weighted by Gasteiger charge is 1.98. The first-order valence-corrected chi connectivity index (χ1v) is 3.70. The average Bonchev–Trinajstić information content (AvgIpc) is 1.63. The average molecular weight is 256 g/mol. The largest absolute Gasteiger partial charge is 0.282 e. The summed E-state index contributed by atoms with van der Waals surface area (Å²) in [6, 6.07) is 0. The number of halogens is 2. The molecule has 4 heteroatoms. The van der Waals surface area contributed by atoms with Crippen LogP contribution in [0.15, 0.2) is 11.6 Å². The van der Waals surface area contributed by atoms with Gasteiger partial charge in [0.15, 0.2) is 0 Å². The second-order valence-corrected chi connectivity index (χ2v) is 2.91. The minimum atomic E-state index is -0.298. The minimum absolute atomic E-state index is 0.268. The fraction of sp³-hybridized carbons (Fsp3) is 0.200. The SMILES string of the molecule is CC(=CC(=O)Br)C(=O)Br. The highest BCUT2D eigenvalue weighted by molar-refractivity contribution is 9.18. The highest BCUT2D eigenvalue weighted by Crippen LogP contribution is 2.02. The Balaban J connectivity index is 4.17. The maximum Gasteiger partial charge on any atom is 0.223 e. The summed E-state index contributed by atoms with van der Waals surface area (Å²) in [7, 11) is 0. The van der Waals surface area contributed by atoms with Gasteiger partial charge in [-0.3, -0.25) is 9.59 Å². The van der Waals surface area contributed by atoms with E-state index in [2.05, 4.69) is 31.9 Å². The molecule has 9 heavy (non-hydrogen) atoms. The van der Waals surface area contributed by atoms with Crippen molar-refractivity contribution in [3.8, 4) is 0 Å². The van der Waals surface area contributed by atoms with E-state index in [0.717, 1.165) is 0 Å². The Morgan fingerprint density at radius 1 is 1.33 bits per heavy atom. The van der Waals surface area contributed by atoms with Crippen molar-refractivity contribution >= 4 is 41.2 Å². The predicted molar refractivity (Wildman–Crippen MR) is 41.6 cm³/mol. The van der Waals surface area contributed by atoms with Crippen LogP contribution in [0.2, 0.25) is 0 Å². The molecule has 0 bridgehead atoms. The summed E-state index contributed by atoms with van der Waals surface area (Å²) < 4.78 is -0.567. The molecule has 0 aliphatic carbocycles. The van der Waals surface area contributed by atoms with Gasteiger partial charge in [-0.1, -0.05) is 0 Å². The van der Waals surface area contributed by atoms with Gasteiger partial charge in [-0.25, -0.2) is 0 Å². The van der Waals surface area contributed by atoms with Crippen molar-refractivity contribution < 1.29 is 9.59 Å². The molecular formula is C5H4Br2O2. The fourth-order valence-electron chi connectivity index (χ4n) is 0.227. The van der Waals surface area contributed by atoms with Gasteiger partial charge in [0.25, 0.3) is 0 Å². The lowest BCUT2D eigenvalue weighted by atomic mass is 10.3. The molecule has 0 saturated carbocycles. The zero-order valence-electron chi connectivity index (χ0n) is 4.65. The normalized spacial score (nSPS) is 11.2. The van der Waals surface area contributed by atoms with Crippen molar-refractivity contribution in [2.24, 2.45) is 0 Å². The van der Waals surface area contributed by atoms with Gasteiger partial charge in [0.05, 0.1) is 0 Å². The lowest BCUT2D eigenvalue weighted by Gasteiger charge is -1.85. The van der Waals surface area contributed by atoms with Gasteiger partial charge >= 0.3 is 0 Å². The van der Waals surface area contributed by atoms with E-state index >= 15 is 0 Å². The van der Waals surface area contributed by atoms with Crippen molar-refractivity contribution in [3.63, 3.8) is 0 Å². The quantitative estimate of drug-likeness (QED) is 0.557. The maximum atomic E-state index is 10.4. The summed E-state index contributed by atoms with van der Waals surface area (Å²) in [4.78, 5) is 20.6. The van der Waals surface area contributed by atoms with Gasteiger partial charge in [-0.15, -0.1) is 0 Å². The predicted octanol–water partition coefficient (Wildman–Crippen LogP) is 1.78. The van der Waals surface area contributed by atoms with E-state index in [0.29, 0.717) is 5.57 Å². The molecule has 0 rings (SSSR count). The monoisotopic (exact) mass is 254 g/mol. The van der Waals surface area contributed by atoms with Gasteiger partial charge in [-0.05, 0) is 38.8 Å². The maximum absolute atomic E-state index is 10.4. The molecule has 0 spiro atoms. The lowest BCUT2D eigenvalue weighted by Crippen LogP contribution is -1.89. The Bertz CT molecular complexity index is 172. The van der Waals surface area contributed by atoms with E-state index in [9.17, 15) is 9.59 Å². The standard InChI is InChI=1S/C5H4Br2O2/c1-3(5(7)9)2-4(6)8/h2H,1H3. The van der Waals surface area contributed by atoms with Crippen LogP contribution in [0.5, 0.6) is 0 Å². The Morgan fingerprint density at radius 2 is 1.78 bits per heavy atom. The van der Waals surface area contributed by atoms with E-state index in [1.54, 1.807) is 6.92 Å². The third kappa shape index (κ3) is 4.54. The molecule has 0 heterocycles. The molecule has 0 aliphatic heterocycles. The Morgan fingerprint density at radius 3 is 1.89 bits per heavy atom. The van der Waals surface area contributed by atoms with Gasteiger partial charge < -0.3 is 0 Å². The molecule has 0 saturated heterocycles. The molecule has 0 fully saturated rings. The molecule has 0 radical (unpaired) electrons. The highest BCUT2D eigenvalue weighted by atomic mass is 79.9. The van der Waals surface area contributed by atoms with Crippen molar-refractivity contribution in [2.75, 3.05) is 0 Å². The Hall–Kier alpha value is 0.0400. The zero-order chi connectivity index (χ0) is 7.44. The molecule has 0 aromatic rings. The van der Waals surface area contributed by atoms with Crippen LogP contribution in [0.25, 0.3) is 0 Å². The number of allylic oxidation sites excluding steroid dienone is 2. The first-order chi connectivity index (χ1) is 4.04. The summed E-state index contributed by atoms with van der Waals surface area (Å²) >= 11 is 5.34. The molecule has 0 aromatic heterocycles. The first kappa shape index (κ1) is 9.04. The third-order valence-electron chi connectivity index (χ3n) is 0.640. The van der Waals surface area contributed by atoms with Crippen LogP contribution in [-0.4, -0.2) is 9.39 Å². The van der Waals surface area contributed by atoms with Crippen LogP contribution in [0.3, 0.4) is 0 Å². The van der Waals surface area contributed by atoms with E-state index in [-0.39, 0.29) is 9.39 Å². The molecule has 50 valence electrons. The van der Waals surface area contributed by atoms with Crippen molar-refractivity contribution in [3.05, 3.63) is 11.6 Å². The summed E-state index contributed by atoms with van der Waals surface area (Å²) in [5.41, 5.74) is 0.386. The number of carbonyl (C=O) groups is 2. The minimum Gasteiger partial charge on any atom is -0.282 e. The molecule has 0 atom stereocenters. The van der Waals surface area contributed by atoms with Gasteiger partial charge in [0, 0.05) is 11.6 Å². The number of hydrogen-bond donors (Lipinski definition) is 0. The summed E-state index contributed by atoms with van der Waals surface area (Å²) in [6.07, 6.45) is 1.21. The molecule has 0 unspecified atom stereocenters. The second kappa shape index (κ2) is 3.95. The van der Waals surface area contributed by atoms with E-state index in [4.69, 9.17) is 0 Å². The topological polar surface area (TPSA) is 34.1 Å². The van der Waals surface area contributed by atoms with Crippen LogP contribution >= 0.6 is 31.9 Å². The third-order valence-corrected chi connectivity index (χ3v) is 1.49. The van der Waals surface area contributed by atoms with Gasteiger partial charge in [0.1, 0.15) is 0 Å². The zero-order valence-corrected chi connectivity index (χ0v) is 7.82. The van der Waals surface area contributed by atoms with Crippen LogP contribution in [0, 0.1) is 0 Å². The van der Waals surface area contributed by atoms with Crippen molar-refractivity contribution in [1.29, 1.82) is 0 Å². The van der Waals surface area contributed by atoms with Crippen LogP contribution < -0.4 is 0 Å². The molecule has 0 aliphatic rings. The van der Waals surface area contributed by atoms with Crippen LogP contribution in [-0.2, 0) is 9.59 Å².